The van der Waals surface area contributed by atoms with Gasteiger partial charge in [-0.15, -0.1) is 10.2 Å². The number of carbonyl (C=O) groups is 12. The van der Waals surface area contributed by atoms with Gasteiger partial charge in [0.05, 0.1) is 38.7 Å². The van der Waals surface area contributed by atoms with Gasteiger partial charge in [-0.1, -0.05) is 161 Å². The van der Waals surface area contributed by atoms with Gasteiger partial charge in [0.2, 0.25) is 53.2 Å². The number of hydrogen-bond acceptors (Lipinski definition) is 22. The third-order valence-corrected chi connectivity index (χ3v) is 23.9. The first-order valence-electron chi connectivity index (χ1n) is 44.7. The van der Waals surface area contributed by atoms with E-state index in [0.29, 0.717) is 16.7 Å². The number of ether oxygens (including phenoxy) is 6. The van der Waals surface area contributed by atoms with Crippen LogP contribution in [0.4, 0.5) is 18.4 Å². The molecule has 7 N–H and O–H groups in total. The van der Waals surface area contributed by atoms with Gasteiger partial charge in [0.25, 0.3) is 0 Å². The number of likely N-dealkylation sites (tertiary alicyclic amines) is 2. The second-order valence-electron chi connectivity index (χ2n) is 38.4. The molecule has 6 aliphatic rings. The van der Waals surface area contributed by atoms with E-state index in [1.807, 2.05) is 72.8 Å². The quantitative estimate of drug-likeness (QED) is 0.0329. The maximum absolute atomic E-state index is 16.1. The van der Waals surface area contributed by atoms with E-state index >= 15 is 42.3 Å². The van der Waals surface area contributed by atoms with Crippen LogP contribution in [0.1, 0.15) is 167 Å². The van der Waals surface area contributed by atoms with Crippen LogP contribution in [0.3, 0.4) is 0 Å². The number of amides is 11. The van der Waals surface area contributed by atoms with Crippen molar-refractivity contribution < 1.29 is 94.7 Å². The van der Waals surface area contributed by atoms with Gasteiger partial charge in [0.1, 0.15) is 102 Å². The topological polar surface area (TPSA) is 419 Å². The molecule has 7 aromatic carbocycles. The molecule has 0 aliphatic carbocycles. The van der Waals surface area contributed by atoms with E-state index in [0.717, 1.165) is 57.7 Å². The zero-order valence-electron chi connectivity index (χ0n) is 79.1. The predicted octanol–water partition coefficient (Wildman–Crippen LogP) is 9.32. The Kier molecular flexibility index (Phi) is 31.0. The molecule has 35 nitrogen and oxygen atoms in total. The Morgan fingerprint density at radius 3 is 1.34 bits per heavy atom. The van der Waals surface area contributed by atoms with Crippen LogP contribution in [0.2, 0.25) is 0 Å². The number of likely N-dealkylation sites (N-methyl/N-ethyl adjacent to an activating group) is 2. The molecule has 12 atom stereocenters. The first kappa shape index (κ1) is 99.8. The number of methoxy groups -OCH3 is 2. The zero-order valence-corrected chi connectivity index (χ0v) is 79.1. The van der Waals surface area contributed by atoms with Gasteiger partial charge in [-0.2, -0.15) is 0 Å². The first-order chi connectivity index (χ1) is 63.7. The number of hydrogen-bond donors (Lipinski definition) is 7. The highest BCUT2D eigenvalue weighted by molar-refractivity contribution is 6.00. The van der Waals surface area contributed by atoms with Crippen LogP contribution >= 0.6 is 0 Å². The van der Waals surface area contributed by atoms with Crippen LogP contribution in [0.5, 0.6) is 17.2 Å². The minimum atomic E-state index is -1.57. The first-order valence-corrected chi connectivity index (χ1v) is 44.7. The summed E-state index contributed by atoms with van der Waals surface area (Å²) in [5.41, 5.74) is -1.79. The van der Waals surface area contributed by atoms with Gasteiger partial charge in [-0.25, -0.2) is 32.5 Å². The molecule has 6 aliphatic heterocycles. The molecule has 2 fully saturated rings. The number of carbonyl (C=O) groups excluding carboxylic acids is 12. The molecule has 0 spiro atoms. The van der Waals surface area contributed by atoms with E-state index in [1.165, 1.54) is 83.8 Å². The SMILES string of the molecule is COC(=O)[C@H]1NC(=O)[C@H](Cc2ccc3ccccc3c2)NC(=O)[C@@H]2[C@@H](CCN2C(=O)[C@@H](NC(=O)[C@H](C)N(C)C(=O)OC(C)(C)C)C(C)(C)C)n2cc(nn2)COc2ccc(cc2)C[C@@H](C(=O)NCc2cc(F)c(OC)c(F)c2)NC(=O)[C@H](Cc2ccc3ccccc3c2)NC(=O)[C@@H]2C(CCN2C(=O)[C@@H](NC(=O)[C@H](C)N(C)C(=O)OC(C)(C)C)C(C)(C)C)n2cc(nn2)COc2ccc1cc2. The number of fused-ring (bicyclic) bond motifs is 2. The van der Waals surface area contributed by atoms with Gasteiger partial charge in [0.15, 0.2) is 23.4 Å². The highest BCUT2D eigenvalue weighted by atomic mass is 19.1. The molecule has 2 saturated heterocycles. The van der Waals surface area contributed by atoms with Crippen LogP contribution in [0.15, 0.2) is 158 Å². The minimum absolute atomic E-state index is 0.00899. The molecule has 1 unspecified atom stereocenters. The summed E-state index contributed by atoms with van der Waals surface area (Å²) in [7, 11) is 5.01. The van der Waals surface area contributed by atoms with Crippen molar-refractivity contribution in [2.45, 2.75) is 232 Å². The number of aromatic nitrogens is 6. The Balaban J connectivity index is 0.933. The lowest BCUT2D eigenvalue weighted by atomic mass is 9.85. The molecule has 0 radical (unpaired) electrons. The van der Waals surface area contributed by atoms with E-state index in [-0.39, 0.29) is 92.4 Å². The minimum Gasteiger partial charge on any atom is -0.491 e. The van der Waals surface area contributed by atoms with Gasteiger partial charge < -0.3 is 75.4 Å². The Morgan fingerprint density at radius 1 is 0.519 bits per heavy atom. The Bertz CT molecular complexity index is 5860. The molecule has 0 saturated carbocycles. The van der Waals surface area contributed by atoms with E-state index in [1.54, 1.807) is 119 Å². The van der Waals surface area contributed by atoms with Crippen molar-refractivity contribution in [2.75, 3.05) is 41.4 Å². The lowest BCUT2D eigenvalue weighted by Crippen LogP contribution is -2.62. The average molecular weight is 1860 g/mol. The normalized spacial score (nSPS) is 19.8. The third kappa shape index (κ3) is 24.8. The van der Waals surface area contributed by atoms with Crippen LogP contribution in [-0.4, -0.2) is 228 Å². The van der Waals surface area contributed by atoms with Crippen LogP contribution in [0.25, 0.3) is 21.5 Å². The lowest BCUT2D eigenvalue weighted by Gasteiger charge is -2.37. The fourth-order valence-corrected chi connectivity index (χ4v) is 16.3. The molecule has 8 bridgehead atoms. The monoisotopic (exact) mass is 1860 g/mol. The molecule has 135 heavy (non-hydrogen) atoms. The number of nitrogens with zero attached hydrogens (tertiary/aromatic N) is 10. The number of esters is 1. The third-order valence-electron chi connectivity index (χ3n) is 23.9. The van der Waals surface area contributed by atoms with E-state index in [9.17, 15) is 24.0 Å². The van der Waals surface area contributed by atoms with Crippen molar-refractivity contribution in [3.8, 4) is 17.2 Å². The van der Waals surface area contributed by atoms with E-state index < -0.39 is 190 Å². The van der Waals surface area contributed by atoms with Crippen molar-refractivity contribution in [3.05, 3.63) is 209 Å². The van der Waals surface area contributed by atoms with E-state index in [4.69, 9.17) is 28.4 Å². The summed E-state index contributed by atoms with van der Waals surface area (Å²) in [6, 6.07) is 24.0. The fraction of sp³-hybridized carbons (Fsp3) is 0.449. The summed E-state index contributed by atoms with van der Waals surface area (Å²) in [5, 5.41) is 41.3. The molecule has 15 rings (SSSR count). The van der Waals surface area contributed by atoms with Gasteiger partial charge in [-0.3, -0.25) is 53.0 Å². The zero-order chi connectivity index (χ0) is 98.0. The van der Waals surface area contributed by atoms with Gasteiger partial charge in [-0.05, 0) is 165 Å². The number of halogens is 2. The second kappa shape index (κ2) is 42.0. The predicted molar refractivity (Wildman–Crippen MR) is 492 cm³/mol. The highest BCUT2D eigenvalue weighted by Crippen LogP contribution is 2.37. The Labute approximate surface area is 781 Å². The van der Waals surface area contributed by atoms with Crippen LogP contribution in [0, 0.1) is 22.5 Å². The number of benzene rings is 7. The standard InChI is InChI=1S/C98H119F2N17O18/c1-55(112(15)93(128)134-97(9,10)11)83(118)106-81(95(3,4)5)90(125)114-41-39-75-78(114)88(123)103-73(48-58-27-31-61-23-19-21-25-64(61)43-58)86(121)102-72(85(120)101-50-60-45-70(99)80(130-17)71(100)46-60)47-57-29-35-68(36-30-57)132-53-66-51-116(110-108-66)76-40-42-115(91(126)82(96(6,7)8)107-84(119)56(2)113(16)94(129)135-98(12,13)14)79(76)89(124)104-74(49-59-28-32-62-24-20-22-26-65(62)44-59)87(122)105-77(92(127)131-18)63-33-37-69(38-34-63)133-54-67-52-117(75)111-109-67/h19-38,43-46,51-52,55-56,72-79,81-82H,39-42,47-50,53-54H2,1-18H3,(H,101,120)(H,102,121)(H,103,123)(H,104,124)(H,105,122)(H,106,118)(H,107,119)/t55-,56-,72-,73-,74-,75?,76+,77-,78-,79-,81+,82+/m0/s1. The maximum atomic E-state index is 16.1. The molecule has 37 heteroatoms. The largest absolute Gasteiger partial charge is 0.491 e. The van der Waals surface area contributed by atoms with Crippen molar-refractivity contribution in [1.82, 2.24) is 86.8 Å². The summed E-state index contributed by atoms with van der Waals surface area (Å²) in [6.07, 6.45) is 0.865. The summed E-state index contributed by atoms with van der Waals surface area (Å²) >= 11 is 0. The van der Waals surface area contributed by atoms with Crippen molar-refractivity contribution >= 4 is 92.9 Å². The van der Waals surface area contributed by atoms with Crippen molar-refractivity contribution in [2.24, 2.45) is 10.8 Å². The van der Waals surface area contributed by atoms with Crippen LogP contribution < -0.4 is 51.4 Å². The lowest BCUT2D eigenvalue weighted by molar-refractivity contribution is -0.146. The Morgan fingerprint density at radius 2 is 0.933 bits per heavy atom. The molecule has 2 aromatic heterocycles. The molecule has 8 heterocycles. The smallest absolute Gasteiger partial charge is 0.410 e. The molecule has 718 valence electrons. The molecule has 9 aromatic rings. The number of nitrogens with one attached hydrogen (secondary N) is 7. The van der Waals surface area contributed by atoms with E-state index in [2.05, 4.69) is 57.8 Å². The van der Waals surface area contributed by atoms with Gasteiger partial charge in [0, 0.05) is 53.0 Å². The summed E-state index contributed by atoms with van der Waals surface area (Å²) in [6.45, 7) is 22.1. The summed E-state index contributed by atoms with van der Waals surface area (Å²) < 4.78 is 67.5. The second-order valence-corrected chi connectivity index (χ2v) is 38.4. The number of rotatable bonds is 17. The highest BCUT2D eigenvalue weighted by Gasteiger charge is 2.52. The molecular formula is C98H119F2N17O18. The van der Waals surface area contributed by atoms with Crippen molar-refractivity contribution in [3.63, 3.8) is 0 Å². The summed E-state index contributed by atoms with van der Waals surface area (Å²) in [4.78, 5) is 185. The van der Waals surface area contributed by atoms with Crippen LogP contribution in [-0.2, 0) is 101 Å². The Hall–Kier alpha value is -14.2. The van der Waals surface area contributed by atoms with Gasteiger partial charge >= 0.3 is 18.2 Å². The average Bonchev–Trinajstić information content (AvgIpc) is 1.63. The summed E-state index contributed by atoms with van der Waals surface area (Å²) in [5.74, 6) is -10.4. The maximum Gasteiger partial charge on any atom is 0.410 e. The van der Waals surface area contributed by atoms with Crippen molar-refractivity contribution in [1.29, 1.82) is 0 Å². The fourth-order valence-electron chi connectivity index (χ4n) is 16.3. The molecule has 11 amide bonds. The molecular weight excluding hydrogens is 1740 g/mol.